The molecule has 2 aromatic carbocycles. The third kappa shape index (κ3) is 6.21. The van der Waals surface area contributed by atoms with Crippen molar-refractivity contribution < 1.29 is 18.0 Å². The first-order chi connectivity index (χ1) is 15.5. The van der Waals surface area contributed by atoms with Crippen LogP contribution in [0.3, 0.4) is 0 Å². The Balaban J connectivity index is 1.52. The molecule has 1 aliphatic heterocycles. The molecule has 178 valence electrons. The number of sulfonamides is 1. The Labute approximate surface area is 196 Å². The van der Waals surface area contributed by atoms with E-state index >= 15 is 0 Å². The number of hydrogen-bond acceptors (Lipinski definition) is 4. The lowest BCUT2D eigenvalue weighted by Gasteiger charge is -2.19. The molecule has 1 heterocycles. The van der Waals surface area contributed by atoms with Gasteiger partial charge >= 0.3 is 0 Å². The van der Waals surface area contributed by atoms with Crippen molar-refractivity contribution in [1.82, 2.24) is 14.9 Å². The van der Waals surface area contributed by atoms with Crippen LogP contribution in [0, 0.1) is 0 Å². The predicted molar refractivity (Wildman–Crippen MR) is 128 cm³/mol. The summed E-state index contributed by atoms with van der Waals surface area (Å²) < 4.78 is 26.7. The van der Waals surface area contributed by atoms with Crippen LogP contribution < -0.4 is 10.6 Å². The standard InChI is InChI=1S/C25H33N3O4S/c1-18(27-24(30)20-9-11-21(12-10-20)25(2,3)4)23(29)26-17-19-7-13-22(14-8-19)33(31,32)28-15-5-6-16-28/h7-14,18H,5-6,15-17H2,1-4H3,(H,26,29)(H,27,30). The molecule has 1 aliphatic rings. The van der Waals surface area contributed by atoms with Crippen molar-refractivity contribution >= 4 is 21.8 Å². The fourth-order valence-electron chi connectivity index (χ4n) is 3.67. The van der Waals surface area contributed by atoms with Crippen LogP contribution in [0.15, 0.2) is 53.4 Å². The lowest BCUT2D eigenvalue weighted by atomic mass is 9.86. The molecule has 0 bridgehead atoms. The van der Waals surface area contributed by atoms with Crippen LogP contribution in [0.2, 0.25) is 0 Å². The fourth-order valence-corrected chi connectivity index (χ4v) is 5.18. The van der Waals surface area contributed by atoms with Gasteiger partial charge in [-0.05, 0) is 60.6 Å². The van der Waals surface area contributed by atoms with Gasteiger partial charge in [-0.25, -0.2) is 8.42 Å². The Kier molecular flexibility index (Phi) is 7.59. The molecule has 7 nitrogen and oxygen atoms in total. The van der Waals surface area contributed by atoms with E-state index < -0.39 is 16.1 Å². The van der Waals surface area contributed by atoms with Crippen LogP contribution in [0.25, 0.3) is 0 Å². The van der Waals surface area contributed by atoms with E-state index in [1.807, 2.05) is 12.1 Å². The minimum absolute atomic E-state index is 0.00124. The molecular formula is C25H33N3O4S. The number of hydrogen-bond donors (Lipinski definition) is 2. The summed E-state index contributed by atoms with van der Waals surface area (Å²) in [6, 6.07) is 13.2. The molecule has 1 saturated heterocycles. The average molecular weight is 472 g/mol. The second kappa shape index (κ2) is 10.1. The topological polar surface area (TPSA) is 95.6 Å². The Morgan fingerprint density at radius 3 is 2.09 bits per heavy atom. The summed E-state index contributed by atoms with van der Waals surface area (Å²) in [5, 5.41) is 5.50. The molecular weight excluding hydrogens is 438 g/mol. The zero-order valence-electron chi connectivity index (χ0n) is 19.7. The molecule has 2 N–H and O–H groups in total. The van der Waals surface area contributed by atoms with Crippen LogP contribution in [0.4, 0.5) is 0 Å². The summed E-state index contributed by atoms with van der Waals surface area (Å²) in [6.45, 7) is 9.30. The Hall–Kier alpha value is -2.71. The number of carbonyl (C=O) groups excluding carboxylic acids is 2. The Bertz CT molecular complexity index is 1080. The third-order valence-electron chi connectivity index (χ3n) is 5.85. The van der Waals surface area contributed by atoms with E-state index in [0.717, 1.165) is 24.0 Å². The number of rotatable bonds is 7. The SMILES string of the molecule is CC(NC(=O)c1ccc(C(C)(C)C)cc1)C(=O)NCc1ccc(S(=O)(=O)N2CCCC2)cc1. The molecule has 0 spiro atoms. The maximum Gasteiger partial charge on any atom is 0.251 e. The van der Waals surface area contributed by atoms with Crippen molar-refractivity contribution in [3.8, 4) is 0 Å². The first-order valence-corrected chi connectivity index (χ1v) is 12.7. The molecule has 1 unspecified atom stereocenters. The molecule has 8 heteroatoms. The molecule has 1 atom stereocenters. The van der Waals surface area contributed by atoms with Gasteiger partial charge in [0, 0.05) is 25.2 Å². The molecule has 0 aliphatic carbocycles. The van der Waals surface area contributed by atoms with Gasteiger partial charge in [-0.15, -0.1) is 0 Å². The average Bonchev–Trinajstić information content (AvgIpc) is 3.33. The zero-order valence-corrected chi connectivity index (χ0v) is 20.5. The third-order valence-corrected chi connectivity index (χ3v) is 7.76. The van der Waals surface area contributed by atoms with Crippen molar-refractivity contribution in [3.63, 3.8) is 0 Å². The molecule has 3 rings (SSSR count). The van der Waals surface area contributed by atoms with Crippen LogP contribution in [0.5, 0.6) is 0 Å². The van der Waals surface area contributed by atoms with E-state index in [-0.39, 0.29) is 28.7 Å². The van der Waals surface area contributed by atoms with Gasteiger partial charge < -0.3 is 10.6 Å². The van der Waals surface area contributed by atoms with Gasteiger partial charge in [0.05, 0.1) is 4.90 Å². The summed E-state index contributed by atoms with van der Waals surface area (Å²) in [5.41, 5.74) is 2.40. The second-order valence-corrected chi connectivity index (χ2v) is 11.4. The highest BCUT2D eigenvalue weighted by molar-refractivity contribution is 7.89. The first-order valence-electron chi connectivity index (χ1n) is 11.3. The minimum atomic E-state index is -3.45. The summed E-state index contributed by atoms with van der Waals surface area (Å²) in [6.07, 6.45) is 1.78. The van der Waals surface area contributed by atoms with E-state index in [1.54, 1.807) is 43.3 Å². The van der Waals surface area contributed by atoms with Gasteiger partial charge in [-0.3, -0.25) is 9.59 Å². The maximum absolute atomic E-state index is 12.6. The van der Waals surface area contributed by atoms with E-state index in [9.17, 15) is 18.0 Å². The second-order valence-electron chi connectivity index (χ2n) is 9.50. The van der Waals surface area contributed by atoms with Crippen molar-refractivity contribution in [1.29, 1.82) is 0 Å². The van der Waals surface area contributed by atoms with Gasteiger partial charge in [0.15, 0.2) is 0 Å². The van der Waals surface area contributed by atoms with Crippen molar-refractivity contribution in [2.75, 3.05) is 13.1 Å². The van der Waals surface area contributed by atoms with Gasteiger partial charge in [0.25, 0.3) is 5.91 Å². The Morgan fingerprint density at radius 2 is 1.55 bits per heavy atom. The van der Waals surface area contributed by atoms with Gasteiger partial charge in [0.2, 0.25) is 15.9 Å². The van der Waals surface area contributed by atoms with E-state index in [0.29, 0.717) is 18.7 Å². The molecule has 33 heavy (non-hydrogen) atoms. The van der Waals surface area contributed by atoms with Crippen LogP contribution >= 0.6 is 0 Å². The van der Waals surface area contributed by atoms with Crippen molar-refractivity contribution in [2.24, 2.45) is 0 Å². The molecule has 0 saturated carbocycles. The van der Waals surface area contributed by atoms with Gasteiger partial charge in [-0.1, -0.05) is 45.0 Å². The van der Waals surface area contributed by atoms with Crippen molar-refractivity contribution in [2.45, 2.75) is 63.4 Å². The van der Waals surface area contributed by atoms with Crippen LogP contribution in [0.1, 0.15) is 62.0 Å². The predicted octanol–water partition coefficient (Wildman–Crippen LogP) is 3.20. The molecule has 1 fully saturated rings. The lowest BCUT2D eigenvalue weighted by Crippen LogP contribution is -2.44. The largest absolute Gasteiger partial charge is 0.350 e. The normalized spacial score (nSPS) is 15.8. The summed E-state index contributed by atoms with van der Waals surface area (Å²) in [5.74, 6) is -0.627. The van der Waals surface area contributed by atoms with Crippen LogP contribution in [-0.2, 0) is 26.8 Å². The fraction of sp³-hybridized carbons (Fsp3) is 0.440. The minimum Gasteiger partial charge on any atom is -0.350 e. The lowest BCUT2D eigenvalue weighted by molar-refractivity contribution is -0.122. The highest BCUT2D eigenvalue weighted by Gasteiger charge is 2.27. The number of carbonyl (C=O) groups is 2. The van der Waals surface area contributed by atoms with Crippen molar-refractivity contribution in [3.05, 3.63) is 65.2 Å². The summed E-state index contributed by atoms with van der Waals surface area (Å²) >= 11 is 0. The number of nitrogens with one attached hydrogen (secondary N) is 2. The Morgan fingerprint density at radius 1 is 0.970 bits per heavy atom. The van der Waals surface area contributed by atoms with E-state index in [1.165, 1.54) is 4.31 Å². The molecule has 2 aromatic rings. The number of nitrogens with zero attached hydrogens (tertiary/aromatic N) is 1. The van der Waals surface area contributed by atoms with Gasteiger partial charge in [0.1, 0.15) is 6.04 Å². The summed E-state index contributed by atoms with van der Waals surface area (Å²) in [7, 11) is -3.45. The monoisotopic (exact) mass is 471 g/mol. The van der Waals surface area contributed by atoms with E-state index in [4.69, 9.17) is 0 Å². The summed E-state index contributed by atoms with van der Waals surface area (Å²) in [4.78, 5) is 25.2. The quantitative estimate of drug-likeness (QED) is 0.648. The first kappa shape index (κ1) is 24.9. The molecule has 0 aromatic heterocycles. The van der Waals surface area contributed by atoms with E-state index in [2.05, 4.69) is 31.4 Å². The van der Waals surface area contributed by atoms with Crippen LogP contribution in [-0.4, -0.2) is 43.7 Å². The molecule has 2 amide bonds. The molecule has 0 radical (unpaired) electrons. The number of amides is 2. The highest BCUT2D eigenvalue weighted by atomic mass is 32.2. The highest BCUT2D eigenvalue weighted by Crippen LogP contribution is 2.22. The van der Waals surface area contributed by atoms with Gasteiger partial charge in [-0.2, -0.15) is 4.31 Å². The number of benzene rings is 2. The maximum atomic E-state index is 12.6. The zero-order chi connectivity index (χ0) is 24.2. The smallest absolute Gasteiger partial charge is 0.251 e.